The number of aromatic nitrogens is 2. The molecule has 2 atom stereocenters. The average Bonchev–Trinajstić information content (AvgIpc) is 2.63. The van der Waals surface area contributed by atoms with Gasteiger partial charge in [0.05, 0.1) is 11.6 Å². The molecule has 4 heteroatoms. The summed E-state index contributed by atoms with van der Waals surface area (Å²) in [6, 6.07) is 0. The number of aryl methyl sites for hydroxylation is 1. The molecule has 1 aliphatic heterocycles. The minimum absolute atomic E-state index is 0.00553. The van der Waals surface area contributed by atoms with Crippen LogP contribution in [0.25, 0.3) is 0 Å². The van der Waals surface area contributed by atoms with Crippen LogP contribution in [-0.2, 0) is 17.6 Å². The zero-order chi connectivity index (χ0) is 13.3. The molecule has 0 aromatic carbocycles. The van der Waals surface area contributed by atoms with E-state index in [1.807, 2.05) is 0 Å². The third-order valence-corrected chi connectivity index (χ3v) is 4.67. The van der Waals surface area contributed by atoms with Crippen LogP contribution in [0.1, 0.15) is 50.8 Å². The number of hydrogen-bond donors (Lipinski definition) is 1. The zero-order valence-corrected chi connectivity index (χ0v) is 11.9. The van der Waals surface area contributed by atoms with E-state index in [-0.39, 0.29) is 11.6 Å². The van der Waals surface area contributed by atoms with Crippen LogP contribution in [0, 0.1) is 0 Å². The van der Waals surface area contributed by atoms with Crippen molar-refractivity contribution in [2.75, 3.05) is 11.9 Å². The normalized spacial score (nSPS) is 30.7. The maximum atomic E-state index is 5.70. The second kappa shape index (κ2) is 5.08. The highest BCUT2D eigenvalue weighted by atomic mass is 16.5. The lowest BCUT2D eigenvalue weighted by molar-refractivity contribution is 0.105. The Bertz CT molecular complexity index is 463. The van der Waals surface area contributed by atoms with Crippen molar-refractivity contribution < 1.29 is 4.74 Å². The first-order valence-electron chi connectivity index (χ1n) is 7.41. The third kappa shape index (κ3) is 2.46. The van der Waals surface area contributed by atoms with Crippen LogP contribution in [-0.4, -0.2) is 28.2 Å². The number of fused-ring (bicyclic) bond motifs is 1. The first kappa shape index (κ1) is 12.9. The summed E-state index contributed by atoms with van der Waals surface area (Å²) in [6.45, 7) is 5.20. The molecule has 0 radical (unpaired) electrons. The molecule has 4 nitrogen and oxygen atoms in total. The van der Waals surface area contributed by atoms with Crippen molar-refractivity contribution in [3.63, 3.8) is 0 Å². The summed E-state index contributed by atoms with van der Waals surface area (Å²) in [4.78, 5) is 8.97. The number of anilines is 1. The maximum Gasteiger partial charge on any atom is 0.133 e. The lowest BCUT2D eigenvalue weighted by Crippen LogP contribution is -2.41. The van der Waals surface area contributed by atoms with Crippen molar-refractivity contribution >= 4 is 5.82 Å². The molecule has 1 aromatic rings. The van der Waals surface area contributed by atoms with Gasteiger partial charge in [-0.3, -0.25) is 0 Å². The van der Waals surface area contributed by atoms with Crippen molar-refractivity contribution in [1.29, 1.82) is 0 Å². The Labute approximate surface area is 115 Å². The van der Waals surface area contributed by atoms with Gasteiger partial charge in [0.2, 0.25) is 0 Å². The topological polar surface area (TPSA) is 47.0 Å². The second-order valence-electron chi connectivity index (χ2n) is 6.01. The van der Waals surface area contributed by atoms with Gasteiger partial charge in [-0.25, -0.2) is 9.97 Å². The minimum Gasteiger partial charge on any atom is -0.376 e. The Kier molecular flexibility index (Phi) is 3.44. The van der Waals surface area contributed by atoms with Gasteiger partial charge in [-0.1, -0.05) is 6.42 Å². The highest BCUT2D eigenvalue weighted by Gasteiger charge is 2.37. The third-order valence-electron chi connectivity index (χ3n) is 4.67. The molecule has 0 amide bonds. The highest BCUT2D eigenvalue weighted by molar-refractivity contribution is 5.49. The first-order valence-corrected chi connectivity index (χ1v) is 7.41. The molecular weight excluding hydrogens is 238 g/mol. The van der Waals surface area contributed by atoms with E-state index in [0.29, 0.717) is 0 Å². The van der Waals surface area contributed by atoms with E-state index < -0.39 is 0 Å². The molecule has 3 rings (SSSR count). The standard InChI is InChI=1S/C15H23N3O/c1-11-15(2,8-9-19-11)18-14-12-6-4-3-5-7-13(12)16-10-17-14/h10-11H,3-9H2,1-2H3,(H,16,17,18). The molecule has 1 saturated heterocycles. The van der Waals surface area contributed by atoms with Gasteiger partial charge in [-0.2, -0.15) is 0 Å². The van der Waals surface area contributed by atoms with Crippen LogP contribution >= 0.6 is 0 Å². The summed E-state index contributed by atoms with van der Waals surface area (Å²) in [6.07, 6.45) is 8.96. The van der Waals surface area contributed by atoms with E-state index in [4.69, 9.17) is 4.74 Å². The maximum absolute atomic E-state index is 5.70. The van der Waals surface area contributed by atoms with Crippen LogP contribution in [0.2, 0.25) is 0 Å². The van der Waals surface area contributed by atoms with Crippen molar-refractivity contribution in [2.45, 2.75) is 64.0 Å². The van der Waals surface area contributed by atoms with Gasteiger partial charge in [0, 0.05) is 17.9 Å². The number of ether oxygens (including phenoxy) is 1. The molecule has 19 heavy (non-hydrogen) atoms. The molecule has 2 unspecified atom stereocenters. The molecule has 2 heterocycles. The average molecular weight is 261 g/mol. The molecule has 0 bridgehead atoms. The summed E-state index contributed by atoms with van der Waals surface area (Å²) in [7, 11) is 0. The van der Waals surface area contributed by atoms with Gasteiger partial charge in [0.15, 0.2) is 0 Å². The van der Waals surface area contributed by atoms with E-state index in [0.717, 1.165) is 31.7 Å². The number of rotatable bonds is 2. The fraction of sp³-hybridized carbons (Fsp3) is 0.733. The van der Waals surface area contributed by atoms with Gasteiger partial charge >= 0.3 is 0 Å². The quantitative estimate of drug-likeness (QED) is 0.832. The molecular formula is C15H23N3O. The smallest absolute Gasteiger partial charge is 0.133 e. The molecule has 1 fully saturated rings. The van der Waals surface area contributed by atoms with Crippen LogP contribution in [0.3, 0.4) is 0 Å². The summed E-state index contributed by atoms with van der Waals surface area (Å²) in [5.41, 5.74) is 2.57. The van der Waals surface area contributed by atoms with Crippen molar-refractivity contribution in [3.8, 4) is 0 Å². The lowest BCUT2D eigenvalue weighted by Gasteiger charge is -2.30. The van der Waals surface area contributed by atoms with Gasteiger partial charge in [0.25, 0.3) is 0 Å². The van der Waals surface area contributed by atoms with Crippen molar-refractivity contribution in [3.05, 3.63) is 17.6 Å². The Morgan fingerprint density at radius 1 is 1.26 bits per heavy atom. The first-order chi connectivity index (χ1) is 9.19. The summed E-state index contributed by atoms with van der Waals surface area (Å²) in [5, 5.41) is 3.65. The molecule has 2 aliphatic rings. The Balaban J connectivity index is 1.89. The van der Waals surface area contributed by atoms with Gasteiger partial charge in [-0.05, 0) is 46.0 Å². The Hall–Kier alpha value is -1.16. The fourth-order valence-electron chi connectivity index (χ4n) is 3.08. The van der Waals surface area contributed by atoms with E-state index >= 15 is 0 Å². The van der Waals surface area contributed by atoms with E-state index in [1.54, 1.807) is 6.33 Å². The van der Waals surface area contributed by atoms with Crippen molar-refractivity contribution in [1.82, 2.24) is 9.97 Å². The zero-order valence-electron chi connectivity index (χ0n) is 11.9. The second-order valence-corrected chi connectivity index (χ2v) is 6.01. The molecule has 104 valence electrons. The molecule has 1 aliphatic carbocycles. The molecule has 1 aromatic heterocycles. The summed E-state index contributed by atoms with van der Waals surface area (Å²) < 4.78 is 5.70. The molecule has 0 saturated carbocycles. The highest BCUT2D eigenvalue weighted by Crippen LogP contribution is 2.32. The predicted molar refractivity (Wildman–Crippen MR) is 75.3 cm³/mol. The summed E-state index contributed by atoms with van der Waals surface area (Å²) >= 11 is 0. The number of nitrogens with zero attached hydrogens (tertiary/aromatic N) is 2. The molecule has 1 N–H and O–H groups in total. The van der Waals surface area contributed by atoms with E-state index in [2.05, 4.69) is 29.1 Å². The van der Waals surface area contributed by atoms with E-state index in [9.17, 15) is 0 Å². The SMILES string of the molecule is CC1OCCC1(C)Nc1ncnc2c1CCCCC2. The minimum atomic E-state index is -0.00553. The van der Waals surface area contributed by atoms with Crippen molar-refractivity contribution in [2.24, 2.45) is 0 Å². The largest absolute Gasteiger partial charge is 0.376 e. The Morgan fingerprint density at radius 3 is 2.89 bits per heavy atom. The number of nitrogens with one attached hydrogen (secondary N) is 1. The van der Waals surface area contributed by atoms with Crippen LogP contribution in [0.5, 0.6) is 0 Å². The Morgan fingerprint density at radius 2 is 2.11 bits per heavy atom. The van der Waals surface area contributed by atoms with Crippen LogP contribution in [0.4, 0.5) is 5.82 Å². The van der Waals surface area contributed by atoms with E-state index in [1.165, 1.54) is 30.5 Å². The van der Waals surface area contributed by atoms with Gasteiger partial charge < -0.3 is 10.1 Å². The van der Waals surface area contributed by atoms with Gasteiger partial charge in [-0.15, -0.1) is 0 Å². The number of hydrogen-bond acceptors (Lipinski definition) is 4. The van der Waals surface area contributed by atoms with Crippen LogP contribution < -0.4 is 5.32 Å². The summed E-state index contributed by atoms with van der Waals surface area (Å²) in [5.74, 6) is 1.03. The van der Waals surface area contributed by atoms with Crippen LogP contribution in [0.15, 0.2) is 6.33 Å². The van der Waals surface area contributed by atoms with Gasteiger partial charge in [0.1, 0.15) is 12.1 Å². The predicted octanol–water partition coefficient (Wildman–Crippen LogP) is 2.72. The lowest BCUT2D eigenvalue weighted by atomic mass is 9.94. The molecule has 0 spiro atoms. The monoisotopic (exact) mass is 261 g/mol. The fourth-order valence-corrected chi connectivity index (χ4v) is 3.08.